The summed E-state index contributed by atoms with van der Waals surface area (Å²) in [5, 5.41) is 0. The molecule has 0 spiro atoms. The Hall–Kier alpha value is -3.17. The number of hydrogen-bond donors (Lipinski definition) is 4. The summed E-state index contributed by atoms with van der Waals surface area (Å²) in [5.74, 6) is 0.891. The predicted octanol–water partition coefficient (Wildman–Crippen LogP) is -1.12. The van der Waals surface area contributed by atoms with E-state index in [1.54, 1.807) is 13.1 Å². The number of H-pyrrole nitrogens is 1. The van der Waals surface area contributed by atoms with Crippen molar-refractivity contribution in [3.63, 3.8) is 0 Å². The van der Waals surface area contributed by atoms with E-state index in [0.29, 0.717) is 22.8 Å². The van der Waals surface area contributed by atoms with Crippen LogP contribution in [-0.2, 0) is 7.05 Å². The van der Waals surface area contributed by atoms with Crippen molar-refractivity contribution in [3.05, 3.63) is 29.1 Å². The lowest BCUT2D eigenvalue weighted by Crippen LogP contribution is -2.21. The van der Waals surface area contributed by atoms with Crippen molar-refractivity contribution in [2.75, 3.05) is 17.2 Å². The van der Waals surface area contributed by atoms with Gasteiger partial charge in [0.2, 0.25) is 5.95 Å². The summed E-state index contributed by atoms with van der Waals surface area (Å²) in [6.07, 6.45) is 2.88. The van der Waals surface area contributed by atoms with Gasteiger partial charge in [-0.25, -0.2) is 14.8 Å². The molecule has 0 amide bonds. The lowest BCUT2D eigenvalue weighted by molar-refractivity contribution is 0.824. The van der Waals surface area contributed by atoms with Crippen LogP contribution in [0.4, 0.5) is 17.6 Å². The van der Waals surface area contributed by atoms with Gasteiger partial charge in [0.05, 0.1) is 6.33 Å². The fourth-order valence-electron chi connectivity index (χ4n) is 1.36. The van der Waals surface area contributed by atoms with Gasteiger partial charge < -0.3 is 22.2 Å². The molecule has 3 aromatic rings. The predicted molar refractivity (Wildman–Crippen MR) is 74.4 cm³/mol. The van der Waals surface area contributed by atoms with Crippen LogP contribution in [0.3, 0.4) is 0 Å². The highest BCUT2D eigenvalue weighted by atomic mass is 16.1. The number of nitrogens with one attached hydrogen (secondary N) is 1. The average molecular weight is 275 g/mol. The molecule has 0 fully saturated rings. The van der Waals surface area contributed by atoms with E-state index in [2.05, 4.69) is 24.9 Å². The fourth-order valence-corrected chi connectivity index (χ4v) is 1.36. The van der Waals surface area contributed by atoms with Gasteiger partial charge in [0, 0.05) is 13.2 Å². The second-order valence-electron chi connectivity index (χ2n) is 3.78. The minimum atomic E-state index is -0.324. The van der Waals surface area contributed by atoms with E-state index in [1.807, 2.05) is 0 Å². The van der Waals surface area contributed by atoms with E-state index < -0.39 is 0 Å². The molecule has 0 saturated heterocycles. The summed E-state index contributed by atoms with van der Waals surface area (Å²) in [6.45, 7) is 0. The monoisotopic (exact) mass is 275 g/mol. The molecule has 7 N–H and O–H groups in total. The first-order valence-corrected chi connectivity index (χ1v) is 5.48. The van der Waals surface area contributed by atoms with Crippen LogP contribution in [0.25, 0.3) is 11.2 Å². The zero-order chi connectivity index (χ0) is 14.7. The maximum Gasteiger partial charge on any atom is 0.348 e. The maximum atomic E-state index is 10.6. The van der Waals surface area contributed by atoms with Crippen LogP contribution < -0.4 is 22.9 Å². The standard InChI is InChI=1S/C5H6N6.C5H7N3O/c6-3-2-4(9-1-8-2)11-5(7)10-3;1-8-4(6)2-3-7-5(8)9/h1H,(H5,6,7,8,9,10,11);2-3H,6H2,1H3. The lowest BCUT2D eigenvalue weighted by atomic mass is 10.5. The molecule has 20 heavy (non-hydrogen) atoms. The van der Waals surface area contributed by atoms with Gasteiger partial charge in [0.1, 0.15) is 11.3 Å². The number of rotatable bonds is 0. The van der Waals surface area contributed by atoms with Gasteiger partial charge in [-0.3, -0.25) is 4.57 Å². The van der Waals surface area contributed by atoms with Crippen molar-refractivity contribution >= 4 is 28.7 Å². The van der Waals surface area contributed by atoms with Gasteiger partial charge in [-0.15, -0.1) is 0 Å². The fraction of sp³-hybridized carbons (Fsp3) is 0.100. The van der Waals surface area contributed by atoms with Gasteiger partial charge in [-0.2, -0.15) is 9.97 Å². The van der Waals surface area contributed by atoms with Gasteiger partial charge in [-0.1, -0.05) is 0 Å². The molecule has 0 aliphatic carbocycles. The van der Waals surface area contributed by atoms with Crippen LogP contribution in [0.5, 0.6) is 0 Å². The van der Waals surface area contributed by atoms with Gasteiger partial charge in [-0.05, 0) is 6.07 Å². The molecule has 104 valence electrons. The van der Waals surface area contributed by atoms with Gasteiger partial charge in [0.25, 0.3) is 0 Å². The number of imidazole rings is 1. The highest BCUT2D eigenvalue weighted by Gasteiger charge is 2.03. The van der Waals surface area contributed by atoms with E-state index in [-0.39, 0.29) is 11.6 Å². The quantitative estimate of drug-likeness (QED) is 0.400. The summed E-state index contributed by atoms with van der Waals surface area (Å²) >= 11 is 0. The van der Waals surface area contributed by atoms with E-state index in [4.69, 9.17) is 17.2 Å². The van der Waals surface area contributed by atoms with Crippen molar-refractivity contribution in [2.24, 2.45) is 7.05 Å². The molecule has 0 aliphatic rings. The third kappa shape index (κ3) is 2.63. The molecule has 3 aromatic heterocycles. The van der Waals surface area contributed by atoms with Gasteiger partial charge >= 0.3 is 5.69 Å². The Morgan fingerprint density at radius 3 is 2.60 bits per heavy atom. The van der Waals surface area contributed by atoms with Crippen molar-refractivity contribution in [2.45, 2.75) is 0 Å². The number of nitrogens with zero attached hydrogens (tertiary/aromatic N) is 5. The van der Waals surface area contributed by atoms with Gasteiger partial charge in [0.15, 0.2) is 11.5 Å². The first kappa shape index (κ1) is 13.3. The van der Waals surface area contributed by atoms with E-state index in [1.165, 1.54) is 17.1 Å². The van der Waals surface area contributed by atoms with Crippen LogP contribution in [0.2, 0.25) is 0 Å². The Balaban J connectivity index is 0.000000151. The molecule has 0 bridgehead atoms. The Bertz CT molecular complexity index is 791. The lowest BCUT2D eigenvalue weighted by Gasteiger charge is -1.97. The number of aromatic amines is 1. The van der Waals surface area contributed by atoms with Crippen LogP contribution in [0, 0.1) is 0 Å². The third-order valence-corrected chi connectivity index (χ3v) is 2.44. The zero-order valence-corrected chi connectivity index (χ0v) is 10.6. The topological polar surface area (TPSA) is 167 Å². The second-order valence-corrected chi connectivity index (χ2v) is 3.78. The molecule has 3 heterocycles. The highest BCUT2D eigenvalue weighted by molar-refractivity contribution is 5.81. The first-order valence-electron chi connectivity index (χ1n) is 5.48. The zero-order valence-electron chi connectivity index (χ0n) is 10.6. The largest absolute Gasteiger partial charge is 0.385 e. The maximum absolute atomic E-state index is 10.6. The molecule has 0 saturated carbocycles. The SMILES string of the molecule is Cn1c(N)ccnc1=O.Nc1nc(N)c2[nH]cnc2n1. The molecule has 0 aromatic carbocycles. The van der Waals surface area contributed by atoms with Crippen molar-refractivity contribution in [1.82, 2.24) is 29.5 Å². The molecule has 10 heteroatoms. The minimum absolute atomic E-state index is 0.141. The molecular formula is C10H13N9O. The number of anilines is 3. The molecule has 0 atom stereocenters. The number of aromatic nitrogens is 6. The molecule has 0 unspecified atom stereocenters. The summed E-state index contributed by atoms with van der Waals surface area (Å²) in [4.78, 5) is 28.3. The Kier molecular flexibility index (Phi) is 3.46. The summed E-state index contributed by atoms with van der Waals surface area (Å²) in [6, 6.07) is 1.57. The molecule has 0 aliphatic heterocycles. The average Bonchev–Trinajstić information content (AvgIpc) is 2.85. The molecule has 3 rings (SSSR count). The summed E-state index contributed by atoms with van der Waals surface area (Å²) in [7, 11) is 1.57. The summed E-state index contributed by atoms with van der Waals surface area (Å²) < 4.78 is 1.28. The van der Waals surface area contributed by atoms with E-state index in [0.717, 1.165) is 0 Å². The third-order valence-electron chi connectivity index (χ3n) is 2.44. The highest BCUT2D eigenvalue weighted by Crippen LogP contribution is 2.12. The smallest absolute Gasteiger partial charge is 0.348 e. The Labute approximate surface area is 112 Å². The minimum Gasteiger partial charge on any atom is -0.385 e. The van der Waals surface area contributed by atoms with Crippen molar-refractivity contribution < 1.29 is 0 Å². The number of hydrogen-bond acceptors (Lipinski definition) is 8. The number of nitrogens with two attached hydrogens (primary N) is 3. The van der Waals surface area contributed by atoms with Crippen LogP contribution in [-0.4, -0.2) is 29.5 Å². The number of fused-ring (bicyclic) bond motifs is 1. The Morgan fingerprint density at radius 1 is 1.20 bits per heavy atom. The number of nitrogen functional groups attached to an aromatic ring is 3. The first-order chi connectivity index (χ1) is 9.49. The van der Waals surface area contributed by atoms with E-state index >= 15 is 0 Å². The molecule has 10 nitrogen and oxygen atoms in total. The molecule has 0 radical (unpaired) electrons. The summed E-state index contributed by atoms with van der Waals surface area (Å²) in [5.41, 5.74) is 17.0. The second kappa shape index (κ2) is 5.22. The normalized spacial score (nSPS) is 10.1. The van der Waals surface area contributed by atoms with Crippen molar-refractivity contribution in [3.8, 4) is 0 Å². The molecular weight excluding hydrogens is 262 g/mol. The van der Waals surface area contributed by atoms with Crippen LogP contribution in [0.1, 0.15) is 0 Å². The Morgan fingerprint density at radius 2 is 1.95 bits per heavy atom. The van der Waals surface area contributed by atoms with Crippen LogP contribution >= 0.6 is 0 Å². The van der Waals surface area contributed by atoms with E-state index in [9.17, 15) is 4.79 Å². The van der Waals surface area contributed by atoms with Crippen molar-refractivity contribution in [1.29, 1.82) is 0 Å². The van der Waals surface area contributed by atoms with Crippen LogP contribution in [0.15, 0.2) is 23.4 Å².